The van der Waals surface area contributed by atoms with Gasteiger partial charge in [-0.25, -0.2) is 0 Å². The van der Waals surface area contributed by atoms with Gasteiger partial charge in [0.2, 0.25) is 0 Å². The fourth-order valence-electron chi connectivity index (χ4n) is 4.38. The van der Waals surface area contributed by atoms with Gasteiger partial charge in [0.25, 0.3) is 0 Å². The topological polar surface area (TPSA) is 69.7 Å². The Labute approximate surface area is 178 Å². The van der Waals surface area contributed by atoms with Gasteiger partial charge in [-0.3, -0.25) is 14.4 Å². The van der Waals surface area contributed by atoms with E-state index in [1.165, 1.54) is 0 Å². The van der Waals surface area contributed by atoms with Crippen LogP contribution in [0.4, 0.5) is 0 Å². The highest BCUT2D eigenvalue weighted by molar-refractivity contribution is 9.10. The predicted octanol–water partition coefficient (Wildman–Crippen LogP) is 4.67. The molecule has 28 heavy (non-hydrogen) atoms. The minimum absolute atomic E-state index is 0.106. The molecule has 1 aliphatic carbocycles. The summed E-state index contributed by atoms with van der Waals surface area (Å²) >= 11 is 6.77. The molecule has 2 aromatic carbocycles. The average molecular weight is 508 g/mol. The molecule has 4 rings (SSSR count). The van der Waals surface area contributed by atoms with E-state index in [-0.39, 0.29) is 12.4 Å². The number of Topliss-reactive ketones (excluding diaryl/α,β-unsaturated/α-hetero) is 1. The van der Waals surface area contributed by atoms with Crippen LogP contribution in [-0.2, 0) is 14.3 Å². The van der Waals surface area contributed by atoms with Crippen molar-refractivity contribution in [3.8, 4) is 5.75 Å². The second-order valence-corrected chi connectivity index (χ2v) is 8.90. The molecule has 2 aromatic rings. The highest BCUT2D eigenvalue weighted by Gasteiger charge is 2.89. The normalized spacial score (nSPS) is 27.3. The minimum atomic E-state index is -1.68. The molecule has 3 atom stereocenters. The summed E-state index contributed by atoms with van der Waals surface area (Å²) in [6, 6.07) is 12.1. The van der Waals surface area contributed by atoms with Gasteiger partial charge in [0.05, 0.1) is 12.0 Å². The molecule has 0 N–H and O–H groups in total. The molecular weight excluding hydrogens is 492 g/mol. The van der Waals surface area contributed by atoms with Crippen molar-refractivity contribution in [1.82, 2.24) is 0 Å². The molecule has 144 valence electrons. The SMILES string of the molecule is CCOC(=O)[C@]12C(=O)Oc3ccc(Br)cc3[C@@H]1[C@]2(C)C(=O)c1ccc(Br)cc1. The Kier molecular flexibility index (Phi) is 4.50. The third kappa shape index (κ3) is 2.38. The summed E-state index contributed by atoms with van der Waals surface area (Å²) in [4.78, 5) is 39.5. The Bertz CT molecular complexity index is 1020. The van der Waals surface area contributed by atoms with Crippen molar-refractivity contribution in [2.45, 2.75) is 19.8 Å². The van der Waals surface area contributed by atoms with Gasteiger partial charge in [-0.1, -0.05) is 44.0 Å². The summed E-state index contributed by atoms with van der Waals surface area (Å²) in [5.41, 5.74) is -1.90. The monoisotopic (exact) mass is 506 g/mol. The number of hydrogen-bond donors (Lipinski definition) is 0. The fourth-order valence-corrected chi connectivity index (χ4v) is 5.02. The second-order valence-electron chi connectivity index (χ2n) is 7.07. The largest absolute Gasteiger partial charge is 0.465 e. The number of halogens is 2. The van der Waals surface area contributed by atoms with E-state index in [9.17, 15) is 14.4 Å². The van der Waals surface area contributed by atoms with Crippen LogP contribution < -0.4 is 4.74 Å². The lowest BCUT2D eigenvalue weighted by atomic mass is 9.87. The summed E-state index contributed by atoms with van der Waals surface area (Å²) in [5.74, 6) is -2.03. The molecule has 0 amide bonds. The van der Waals surface area contributed by atoms with Gasteiger partial charge in [0.15, 0.2) is 11.2 Å². The van der Waals surface area contributed by atoms with Crippen LogP contribution in [0.1, 0.15) is 35.7 Å². The first kappa shape index (κ1) is 19.3. The Morgan fingerprint density at radius 3 is 2.39 bits per heavy atom. The Morgan fingerprint density at radius 1 is 1.11 bits per heavy atom. The average Bonchev–Trinajstić information content (AvgIpc) is 3.26. The lowest BCUT2D eigenvalue weighted by Gasteiger charge is -2.22. The number of fused-ring (bicyclic) bond motifs is 3. The van der Waals surface area contributed by atoms with Gasteiger partial charge in [0, 0.05) is 26.0 Å². The van der Waals surface area contributed by atoms with E-state index in [2.05, 4.69) is 31.9 Å². The van der Waals surface area contributed by atoms with Crippen LogP contribution >= 0.6 is 31.9 Å². The number of hydrogen-bond acceptors (Lipinski definition) is 5. The first-order valence-corrected chi connectivity index (χ1v) is 10.4. The van der Waals surface area contributed by atoms with Crippen molar-refractivity contribution in [1.29, 1.82) is 0 Å². The highest BCUT2D eigenvalue weighted by atomic mass is 79.9. The zero-order valence-corrected chi connectivity index (χ0v) is 18.3. The highest BCUT2D eigenvalue weighted by Crippen LogP contribution is 2.78. The molecular formula is C21H16Br2O5. The summed E-state index contributed by atoms with van der Waals surface area (Å²) < 4.78 is 12.3. The maximum atomic E-state index is 13.5. The van der Waals surface area contributed by atoms with Gasteiger partial charge in [-0.05, 0) is 44.2 Å². The third-order valence-corrected chi connectivity index (χ3v) is 6.75. The van der Waals surface area contributed by atoms with Crippen molar-refractivity contribution in [2.75, 3.05) is 6.61 Å². The van der Waals surface area contributed by atoms with E-state index in [0.29, 0.717) is 16.9 Å². The molecule has 0 bridgehead atoms. The Hall–Kier alpha value is -1.99. The van der Waals surface area contributed by atoms with Gasteiger partial charge >= 0.3 is 11.9 Å². The summed E-state index contributed by atoms with van der Waals surface area (Å²) in [7, 11) is 0. The molecule has 1 fully saturated rings. The Balaban J connectivity index is 1.90. The maximum absolute atomic E-state index is 13.5. The number of rotatable bonds is 4. The molecule has 1 aliphatic heterocycles. The van der Waals surface area contributed by atoms with Crippen LogP contribution in [-0.4, -0.2) is 24.3 Å². The fraction of sp³-hybridized carbons (Fsp3) is 0.286. The minimum Gasteiger partial charge on any atom is -0.465 e. The summed E-state index contributed by atoms with van der Waals surface area (Å²) in [5, 5.41) is 0. The number of carbonyl (C=O) groups excluding carboxylic acids is 3. The van der Waals surface area contributed by atoms with Crippen LogP contribution in [0, 0.1) is 10.8 Å². The smallest absolute Gasteiger partial charge is 0.330 e. The van der Waals surface area contributed by atoms with Crippen LogP contribution in [0.15, 0.2) is 51.4 Å². The lowest BCUT2D eigenvalue weighted by Crippen LogP contribution is -2.40. The summed E-state index contributed by atoms with van der Waals surface area (Å²) in [6.07, 6.45) is 0. The van der Waals surface area contributed by atoms with Crippen LogP contribution in [0.5, 0.6) is 5.75 Å². The zero-order valence-electron chi connectivity index (χ0n) is 15.1. The van der Waals surface area contributed by atoms with Crippen LogP contribution in [0.3, 0.4) is 0 Å². The van der Waals surface area contributed by atoms with Crippen molar-refractivity contribution in [3.05, 3.63) is 62.5 Å². The number of ketones is 1. The number of carbonyl (C=O) groups is 3. The van der Waals surface area contributed by atoms with Gasteiger partial charge in [0.1, 0.15) is 5.75 Å². The molecule has 5 nitrogen and oxygen atoms in total. The standard InChI is InChI=1S/C21H16Br2O5/c1-3-27-18(25)21-16(14-10-13(23)8-9-15(14)28-19(21)26)20(21,2)17(24)11-4-6-12(22)7-5-11/h4-10,16H,3H2,1-2H3/t16-,20-,21+/m1/s1. The molecule has 1 saturated carbocycles. The first-order valence-electron chi connectivity index (χ1n) is 8.77. The summed E-state index contributed by atoms with van der Waals surface area (Å²) in [6.45, 7) is 3.42. The zero-order chi connectivity index (χ0) is 20.3. The van der Waals surface area contributed by atoms with Gasteiger partial charge in [-0.15, -0.1) is 0 Å². The molecule has 2 aliphatic rings. The quantitative estimate of drug-likeness (QED) is 0.260. The predicted molar refractivity (Wildman–Crippen MR) is 108 cm³/mol. The van der Waals surface area contributed by atoms with E-state index in [1.54, 1.807) is 56.3 Å². The first-order chi connectivity index (χ1) is 13.3. The number of esters is 2. The van der Waals surface area contributed by atoms with Crippen molar-refractivity contribution < 1.29 is 23.9 Å². The van der Waals surface area contributed by atoms with Crippen LogP contribution in [0.25, 0.3) is 0 Å². The molecule has 0 saturated heterocycles. The van der Waals surface area contributed by atoms with E-state index < -0.39 is 28.7 Å². The molecule has 1 heterocycles. The number of ether oxygens (including phenoxy) is 2. The van der Waals surface area contributed by atoms with Crippen molar-refractivity contribution in [3.63, 3.8) is 0 Å². The molecule has 0 unspecified atom stereocenters. The van der Waals surface area contributed by atoms with E-state index in [1.807, 2.05) is 0 Å². The van der Waals surface area contributed by atoms with E-state index in [0.717, 1.165) is 8.95 Å². The lowest BCUT2D eigenvalue weighted by molar-refractivity contribution is -0.162. The van der Waals surface area contributed by atoms with Crippen molar-refractivity contribution in [2.24, 2.45) is 10.8 Å². The maximum Gasteiger partial charge on any atom is 0.330 e. The molecule has 0 radical (unpaired) electrons. The van der Waals surface area contributed by atoms with Gasteiger partial charge < -0.3 is 9.47 Å². The van der Waals surface area contributed by atoms with E-state index in [4.69, 9.17) is 9.47 Å². The Morgan fingerprint density at radius 2 is 1.75 bits per heavy atom. The van der Waals surface area contributed by atoms with E-state index >= 15 is 0 Å². The van der Waals surface area contributed by atoms with Crippen molar-refractivity contribution >= 4 is 49.6 Å². The number of benzene rings is 2. The third-order valence-electron chi connectivity index (χ3n) is 5.73. The molecule has 0 spiro atoms. The molecule has 0 aromatic heterocycles. The van der Waals surface area contributed by atoms with Gasteiger partial charge in [-0.2, -0.15) is 0 Å². The van der Waals surface area contributed by atoms with Crippen LogP contribution in [0.2, 0.25) is 0 Å². The second kappa shape index (κ2) is 6.52. The molecule has 7 heteroatoms.